The zero-order valence-corrected chi connectivity index (χ0v) is 22.9. The standard InChI is InChI=1S/C27H27F3N6O4S/c1-15(17-4-3-5-17)32-22-21-23(34-24(33-22)26(37)38)35-25(18-8-12-20(13-9-18)41(39,40)31-2)36(21)14-16-6-10-19(11-7-16)27(28,29)30/h6-13,15,17,31H,3-5,14H2,1-2H3,(H,37,38)(H,32,33,34). The molecule has 0 aliphatic heterocycles. The van der Waals surface area contributed by atoms with E-state index in [-0.39, 0.29) is 28.9 Å². The lowest BCUT2D eigenvalue weighted by Gasteiger charge is -2.32. The molecule has 1 atom stereocenters. The molecule has 1 aliphatic carbocycles. The molecule has 0 bridgehead atoms. The molecule has 2 aromatic carbocycles. The third kappa shape index (κ3) is 5.75. The molecule has 0 saturated heterocycles. The second kappa shape index (κ2) is 10.7. The Kier molecular flexibility index (Phi) is 7.46. The van der Waals surface area contributed by atoms with E-state index >= 15 is 0 Å². The van der Waals surface area contributed by atoms with Gasteiger partial charge in [-0.05, 0) is 74.7 Å². The van der Waals surface area contributed by atoms with E-state index < -0.39 is 33.6 Å². The SMILES string of the molecule is CNS(=O)(=O)c1ccc(-c2nc3nc(C(=O)O)nc(NC(C)C4CCC4)c3n2Cc2ccc(C(F)(F)F)cc2)cc1. The number of hydrogen-bond donors (Lipinski definition) is 3. The van der Waals surface area contributed by atoms with Crippen LogP contribution in [0.2, 0.25) is 0 Å². The minimum Gasteiger partial charge on any atom is -0.475 e. The molecule has 14 heteroatoms. The summed E-state index contributed by atoms with van der Waals surface area (Å²) in [6, 6.07) is 10.5. The number of aromatic carboxylic acids is 1. The second-order valence-electron chi connectivity index (χ2n) is 9.95. The first-order valence-corrected chi connectivity index (χ1v) is 14.3. The summed E-state index contributed by atoms with van der Waals surface area (Å²) in [4.78, 5) is 24.9. The largest absolute Gasteiger partial charge is 0.475 e. The van der Waals surface area contributed by atoms with Crippen LogP contribution in [-0.4, -0.2) is 52.1 Å². The van der Waals surface area contributed by atoms with Crippen molar-refractivity contribution in [1.82, 2.24) is 24.2 Å². The van der Waals surface area contributed by atoms with Crippen LogP contribution in [-0.2, 0) is 22.7 Å². The van der Waals surface area contributed by atoms with Crippen LogP contribution in [0.4, 0.5) is 19.0 Å². The fourth-order valence-corrected chi connectivity index (χ4v) is 5.49. The predicted molar refractivity (Wildman–Crippen MR) is 145 cm³/mol. The van der Waals surface area contributed by atoms with Crippen LogP contribution in [0.3, 0.4) is 0 Å². The van der Waals surface area contributed by atoms with Crippen LogP contribution in [0, 0.1) is 5.92 Å². The number of fused-ring (bicyclic) bond motifs is 1. The molecule has 216 valence electrons. The summed E-state index contributed by atoms with van der Waals surface area (Å²) in [5.74, 6) is -0.870. The number of carboxylic acids is 1. The van der Waals surface area contributed by atoms with Gasteiger partial charge in [0.2, 0.25) is 15.8 Å². The van der Waals surface area contributed by atoms with Gasteiger partial charge in [-0.2, -0.15) is 13.2 Å². The van der Waals surface area contributed by atoms with Crippen molar-refractivity contribution in [2.45, 2.75) is 49.8 Å². The fourth-order valence-electron chi connectivity index (χ4n) is 4.76. The lowest BCUT2D eigenvalue weighted by Crippen LogP contribution is -2.31. The summed E-state index contributed by atoms with van der Waals surface area (Å²) < 4.78 is 67.9. The number of benzene rings is 2. The molecule has 10 nitrogen and oxygen atoms in total. The zero-order chi connectivity index (χ0) is 29.5. The average molecular weight is 589 g/mol. The number of nitrogens with zero attached hydrogens (tertiary/aromatic N) is 4. The molecule has 5 rings (SSSR count). The van der Waals surface area contributed by atoms with Crippen molar-refractivity contribution in [3.05, 3.63) is 65.5 Å². The first kappa shape index (κ1) is 28.5. The van der Waals surface area contributed by atoms with Crippen molar-refractivity contribution in [1.29, 1.82) is 0 Å². The van der Waals surface area contributed by atoms with Crippen LogP contribution >= 0.6 is 0 Å². The predicted octanol–water partition coefficient (Wildman–Crippen LogP) is 4.77. The Morgan fingerprint density at radius 3 is 2.27 bits per heavy atom. The van der Waals surface area contributed by atoms with Gasteiger partial charge in [0.15, 0.2) is 11.5 Å². The van der Waals surface area contributed by atoms with Crippen molar-refractivity contribution in [2.24, 2.45) is 5.92 Å². The van der Waals surface area contributed by atoms with E-state index in [2.05, 4.69) is 25.0 Å². The molecule has 4 aromatic rings. The van der Waals surface area contributed by atoms with Gasteiger partial charge in [0, 0.05) is 18.2 Å². The third-order valence-corrected chi connectivity index (χ3v) is 8.76. The van der Waals surface area contributed by atoms with Crippen LogP contribution in [0.15, 0.2) is 53.4 Å². The maximum absolute atomic E-state index is 13.2. The topological polar surface area (TPSA) is 139 Å². The first-order chi connectivity index (χ1) is 19.4. The van der Waals surface area contributed by atoms with Gasteiger partial charge in [0.25, 0.3) is 0 Å². The second-order valence-corrected chi connectivity index (χ2v) is 11.8. The molecule has 1 saturated carbocycles. The van der Waals surface area contributed by atoms with Gasteiger partial charge in [-0.3, -0.25) is 0 Å². The highest BCUT2D eigenvalue weighted by Crippen LogP contribution is 2.35. The van der Waals surface area contributed by atoms with E-state index in [1.807, 2.05) is 6.92 Å². The summed E-state index contributed by atoms with van der Waals surface area (Å²) in [7, 11) is -2.41. The van der Waals surface area contributed by atoms with Gasteiger partial charge in [-0.1, -0.05) is 18.6 Å². The Bertz CT molecular complexity index is 1700. The Morgan fingerprint density at radius 2 is 1.73 bits per heavy atom. The van der Waals surface area contributed by atoms with Crippen molar-refractivity contribution < 1.29 is 31.5 Å². The molecule has 41 heavy (non-hydrogen) atoms. The number of halogens is 3. The zero-order valence-electron chi connectivity index (χ0n) is 22.1. The maximum Gasteiger partial charge on any atom is 0.416 e. The van der Waals surface area contributed by atoms with Crippen molar-refractivity contribution in [2.75, 3.05) is 12.4 Å². The molecule has 2 heterocycles. The van der Waals surface area contributed by atoms with E-state index in [0.717, 1.165) is 31.4 Å². The summed E-state index contributed by atoms with van der Waals surface area (Å²) >= 11 is 0. The van der Waals surface area contributed by atoms with Gasteiger partial charge < -0.3 is 15.0 Å². The molecular formula is C27H27F3N6O4S. The van der Waals surface area contributed by atoms with E-state index in [0.29, 0.717) is 28.4 Å². The minimum atomic E-state index is -4.49. The average Bonchev–Trinajstić information content (AvgIpc) is 3.26. The molecule has 0 amide bonds. The van der Waals surface area contributed by atoms with Crippen molar-refractivity contribution >= 4 is 33.0 Å². The third-order valence-electron chi connectivity index (χ3n) is 7.33. The number of hydrogen-bond acceptors (Lipinski definition) is 7. The van der Waals surface area contributed by atoms with Gasteiger partial charge in [0.1, 0.15) is 11.3 Å². The monoisotopic (exact) mass is 588 g/mol. The van der Waals surface area contributed by atoms with E-state index in [9.17, 15) is 31.5 Å². The van der Waals surface area contributed by atoms with Gasteiger partial charge >= 0.3 is 12.1 Å². The van der Waals surface area contributed by atoms with Gasteiger partial charge in [0.05, 0.1) is 10.5 Å². The number of alkyl halides is 3. The normalized spacial score (nSPS) is 15.0. The summed E-state index contributed by atoms with van der Waals surface area (Å²) in [5, 5.41) is 13.0. The summed E-state index contributed by atoms with van der Waals surface area (Å²) in [5.41, 5.74) is 0.676. The molecule has 0 radical (unpaired) electrons. The maximum atomic E-state index is 13.2. The number of aromatic nitrogens is 4. The van der Waals surface area contributed by atoms with Crippen LogP contribution in [0.1, 0.15) is 47.9 Å². The Balaban J connectivity index is 1.68. The van der Waals surface area contributed by atoms with Gasteiger partial charge in [-0.25, -0.2) is 32.9 Å². The molecule has 0 spiro atoms. The number of carboxylic acid groups (broad SMARTS) is 1. The van der Waals surface area contributed by atoms with Crippen LogP contribution < -0.4 is 10.0 Å². The van der Waals surface area contributed by atoms with Gasteiger partial charge in [-0.15, -0.1) is 0 Å². The van der Waals surface area contributed by atoms with E-state index in [1.165, 1.54) is 31.3 Å². The molecular weight excluding hydrogens is 561 g/mol. The number of nitrogens with one attached hydrogen (secondary N) is 2. The lowest BCUT2D eigenvalue weighted by molar-refractivity contribution is -0.137. The molecule has 1 aliphatic rings. The quantitative estimate of drug-likeness (QED) is 0.254. The highest BCUT2D eigenvalue weighted by atomic mass is 32.2. The fraction of sp³-hybridized carbons (Fsp3) is 0.333. The minimum absolute atomic E-state index is 0.0267. The number of imidazole rings is 1. The number of carbonyl (C=O) groups is 1. The molecule has 2 aromatic heterocycles. The smallest absolute Gasteiger partial charge is 0.416 e. The van der Waals surface area contributed by atoms with Crippen molar-refractivity contribution in [3.63, 3.8) is 0 Å². The van der Waals surface area contributed by atoms with E-state index in [4.69, 9.17) is 0 Å². The number of rotatable bonds is 9. The number of anilines is 1. The highest BCUT2D eigenvalue weighted by Gasteiger charge is 2.30. The summed E-state index contributed by atoms with van der Waals surface area (Å²) in [6.07, 6.45) is -1.35. The molecule has 3 N–H and O–H groups in total. The highest BCUT2D eigenvalue weighted by molar-refractivity contribution is 7.89. The molecule has 1 fully saturated rings. The van der Waals surface area contributed by atoms with Crippen LogP contribution in [0.25, 0.3) is 22.6 Å². The molecule has 1 unspecified atom stereocenters. The Labute approximate surface area is 233 Å². The Morgan fingerprint density at radius 1 is 1.07 bits per heavy atom. The first-order valence-electron chi connectivity index (χ1n) is 12.9. The van der Waals surface area contributed by atoms with Crippen molar-refractivity contribution in [3.8, 4) is 11.4 Å². The number of sulfonamides is 1. The Hall–Kier alpha value is -4.04. The summed E-state index contributed by atoms with van der Waals surface area (Å²) in [6.45, 7) is 2.04. The van der Waals surface area contributed by atoms with E-state index in [1.54, 1.807) is 16.7 Å². The van der Waals surface area contributed by atoms with Crippen LogP contribution in [0.5, 0.6) is 0 Å². The lowest BCUT2D eigenvalue weighted by atomic mass is 9.80.